The summed E-state index contributed by atoms with van der Waals surface area (Å²) in [4.78, 5) is 31.2. The number of hydrogen-bond donors (Lipinski definition) is 1. The minimum absolute atomic E-state index is 0.0293. The number of aliphatic imine (C=N–C) groups is 1. The minimum atomic E-state index is -2.99. The summed E-state index contributed by atoms with van der Waals surface area (Å²) in [5, 5.41) is 3.96. The molecule has 2 saturated heterocycles. The van der Waals surface area contributed by atoms with Crippen molar-refractivity contribution in [1.29, 1.82) is 0 Å². The number of esters is 1. The van der Waals surface area contributed by atoms with Crippen LogP contribution in [0.15, 0.2) is 23.2 Å². The molecule has 3 aliphatic rings. The maximum Gasteiger partial charge on any atom is 0.309 e. The topological polar surface area (TPSA) is 105 Å². The van der Waals surface area contributed by atoms with Crippen LogP contribution in [0.25, 0.3) is 0 Å². The Morgan fingerprint density at radius 1 is 1.26 bits per heavy atom. The van der Waals surface area contributed by atoms with Crippen LogP contribution in [0, 0.1) is 12.8 Å². The molecule has 2 fully saturated rings. The fraction of sp³-hybridized carbons (Fsp3) is 0.571. The number of likely N-dealkylation sites (tertiary alicyclic amines) is 1. The van der Waals surface area contributed by atoms with Crippen LogP contribution >= 0.6 is 11.8 Å². The number of carbonyl (C=O) groups is 2. The number of thioether (sulfide) groups is 1. The first kappa shape index (κ1) is 22.1. The van der Waals surface area contributed by atoms with E-state index in [1.165, 1.54) is 11.8 Å². The second-order valence-electron chi connectivity index (χ2n) is 8.21. The predicted molar refractivity (Wildman–Crippen MR) is 121 cm³/mol. The molecule has 1 N–H and O–H groups in total. The summed E-state index contributed by atoms with van der Waals surface area (Å²) >= 11 is 1.46. The van der Waals surface area contributed by atoms with Gasteiger partial charge in [-0.15, -0.1) is 0 Å². The SMILES string of the molecule is CCOC(=O)C1CCN(C(=O)c2ccc(C)c(NC3=N[C@H]4CS(=O)(=O)C[C@@H]4S3)c2)CC1. The number of aryl methyl sites for hydroxylation is 1. The fourth-order valence-corrected chi connectivity index (χ4v) is 7.85. The molecular weight excluding hydrogens is 438 g/mol. The van der Waals surface area contributed by atoms with Gasteiger partial charge in [-0.25, -0.2) is 8.42 Å². The van der Waals surface area contributed by atoms with Gasteiger partial charge in [-0.05, 0) is 44.4 Å². The van der Waals surface area contributed by atoms with Crippen molar-refractivity contribution in [2.24, 2.45) is 10.9 Å². The molecule has 4 rings (SSSR count). The Bertz CT molecular complexity index is 1020. The van der Waals surface area contributed by atoms with E-state index in [1.807, 2.05) is 25.1 Å². The normalized spacial score (nSPS) is 25.1. The number of anilines is 1. The Balaban J connectivity index is 1.40. The van der Waals surface area contributed by atoms with Gasteiger partial charge in [-0.2, -0.15) is 0 Å². The molecule has 31 heavy (non-hydrogen) atoms. The second kappa shape index (κ2) is 8.82. The number of amidine groups is 1. The Kier molecular flexibility index (Phi) is 6.30. The average Bonchev–Trinajstić information content (AvgIpc) is 3.22. The Labute approximate surface area is 186 Å². The van der Waals surface area contributed by atoms with Crippen LogP contribution in [-0.4, -0.2) is 72.9 Å². The molecule has 3 heterocycles. The van der Waals surface area contributed by atoms with Gasteiger partial charge >= 0.3 is 5.97 Å². The first-order valence-corrected chi connectivity index (χ1v) is 13.2. The number of fused-ring (bicyclic) bond motifs is 1. The maximum atomic E-state index is 13.0. The molecule has 8 nitrogen and oxygen atoms in total. The molecule has 0 spiro atoms. The summed E-state index contributed by atoms with van der Waals surface area (Å²) in [5.74, 6) is -0.108. The van der Waals surface area contributed by atoms with Crippen LogP contribution in [0.1, 0.15) is 35.7 Å². The summed E-state index contributed by atoms with van der Waals surface area (Å²) in [6.45, 7) is 5.17. The van der Waals surface area contributed by atoms with Crippen molar-refractivity contribution in [2.45, 2.75) is 38.0 Å². The Morgan fingerprint density at radius 2 is 2.00 bits per heavy atom. The minimum Gasteiger partial charge on any atom is -0.466 e. The van der Waals surface area contributed by atoms with E-state index in [4.69, 9.17) is 4.74 Å². The van der Waals surface area contributed by atoms with Gasteiger partial charge in [0.05, 0.1) is 30.1 Å². The number of ether oxygens (including phenoxy) is 1. The van der Waals surface area contributed by atoms with Gasteiger partial charge in [0.1, 0.15) is 0 Å². The third kappa shape index (κ3) is 4.90. The number of nitrogens with zero attached hydrogens (tertiary/aromatic N) is 2. The highest BCUT2D eigenvalue weighted by Gasteiger charge is 2.42. The van der Waals surface area contributed by atoms with Gasteiger partial charge in [0.15, 0.2) is 15.0 Å². The number of piperidine rings is 1. The van der Waals surface area contributed by atoms with E-state index in [2.05, 4.69) is 10.3 Å². The third-order valence-electron chi connectivity index (χ3n) is 5.95. The van der Waals surface area contributed by atoms with Gasteiger partial charge < -0.3 is 15.0 Å². The number of benzene rings is 1. The molecule has 168 valence electrons. The molecule has 0 saturated carbocycles. The van der Waals surface area contributed by atoms with E-state index in [9.17, 15) is 18.0 Å². The summed E-state index contributed by atoms with van der Waals surface area (Å²) in [7, 11) is -2.99. The lowest BCUT2D eigenvalue weighted by molar-refractivity contribution is -0.149. The summed E-state index contributed by atoms with van der Waals surface area (Å²) < 4.78 is 28.6. The Hall–Kier alpha value is -2.07. The Morgan fingerprint density at radius 3 is 2.68 bits per heavy atom. The van der Waals surface area contributed by atoms with Crippen LogP contribution in [-0.2, 0) is 19.4 Å². The lowest BCUT2D eigenvalue weighted by atomic mass is 9.96. The van der Waals surface area contributed by atoms with E-state index in [1.54, 1.807) is 11.8 Å². The van der Waals surface area contributed by atoms with Crippen molar-refractivity contribution < 1.29 is 22.7 Å². The number of carbonyl (C=O) groups excluding carboxylic acids is 2. The van der Waals surface area contributed by atoms with E-state index in [0.29, 0.717) is 43.3 Å². The molecule has 3 aliphatic heterocycles. The fourth-order valence-electron chi connectivity index (χ4n) is 4.18. The molecule has 0 bridgehead atoms. The molecule has 10 heteroatoms. The van der Waals surface area contributed by atoms with Crippen LogP contribution in [0.5, 0.6) is 0 Å². The molecule has 0 unspecified atom stereocenters. The van der Waals surface area contributed by atoms with Crippen molar-refractivity contribution in [3.8, 4) is 0 Å². The van der Waals surface area contributed by atoms with E-state index >= 15 is 0 Å². The van der Waals surface area contributed by atoms with Crippen molar-refractivity contribution >= 4 is 44.3 Å². The molecule has 0 radical (unpaired) electrons. The van der Waals surface area contributed by atoms with Crippen LogP contribution in [0.3, 0.4) is 0 Å². The largest absolute Gasteiger partial charge is 0.466 e. The van der Waals surface area contributed by atoms with Crippen molar-refractivity contribution in [2.75, 3.05) is 36.5 Å². The quantitative estimate of drug-likeness (QED) is 0.679. The predicted octanol–water partition coefficient (Wildman–Crippen LogP) is 2.09. The van der Waals surface area contributed by atoms with Crippen LogP contribution < -0.4 is 5.32 Å². The maximum absolute atomic E-state index is 13.0. The number of sulfone groups is 1. The average molecular weight is 466 g/mol. The third-order valence-corrected chi connectivity index (χ3v) is 9.09. The summed E-state index contributed by atoms with van der Waals surface area (Å²) in [6.07, 6.45) is 1.22. The standard InChI is InChI=1S/C21H27N3O5S2/c1-3-29-20(26)14-6-8-24(9-7-14)19(25)15-5-4-13(2)16(10-15)22-21-23-17-11-31(27,28)12-18(17)30-21/h4-5,10,14,17-18H,3,6-9,11-12H2,1-2H3,(H,22,23)/t17-,18-/m0/s1. The first-order chi connectivity index (χ1) is 14.8. The molecule has 1 amide bonds. The molecular formula is C21H27N3O5S2. The highest BCUT2D eigenvalue weighted by molar-refractivity contribution is 8.15. The summed E-state index contributed by atoms with van der Waals surface area (Å²) in [5.41, 5.74) is 2.35. The van der Waals surface area contributed by atoms with Crippen molar-refractivity contribution in [3.63, 3.8) is 0 Å². The molecule has 1 aromatic carbocycles. The van der Waals surface area contributed by atoms with E-state index in [-0.39, 0.29) is 40.6 Å². The van der Waals surface area contributed by atoms with Gasteiger partial charge in [0.25, 0.3) is 5.91 Å². The van der Waals surface area contributed by atoms with E-state index in [0.717, 1.165) is 11.3 Å². The first-order valence-electron chi connectivity index (χ1n) is 10.5. The molecule has 2 atom stereocenters. The molecule has 0 aromatic heterocycles. The van der Waals surface area contributed by atoms with Gasteiger partial charge in [0.2, 0.25) is 0 Å². The highest BCUT2D eigenvalue weighted by Crippen LogP contribution is 2.35. The van der Waals surface area contributed by atoms with Crippen molar-refractivity contribution in [1.82, 2.24) is 4.90 Å². The summed E-state index contributed by atoms with van der Waals surface area (Å²) in [6, 6.07) is 5.34. The lowest BCUT2D eigenvalue weighted by Gasteiger charge is -2.31. The van der Waals surface area contributed by atoms with Gasteiger partial charge in [-0.3, -0.25) is 14.6 Å². The van der Waals surface area contributed by atoms with Crippen LogP contribution in [0.4, 0.5) is 5.69 Å². The zero-order chi connectivity index (χ0) is 22.2. The highest BCUT2D eigenvalue weighted by atomic mass is 32.2. The zero-order valence-electron chi connectivity index (χ0n) is 17.7. The smallest absolute Gasteiger partial charge is 0.309 e. The second-order valence-corrected chi connectivity index (χ2v) is 11.6. The lowest BCUT2D eigenvalue weighted by Crippen LogP contribution is -2.40. The number of rotatable bonds is 4. The van der Waals surface area contributed by atoms with Crippen LogP contribution in [0.2, 0.25) is 0 Å². The van der Waals surface area contributed by atoms with E-state index < -0.39 is 9.84 Å². The van der Waals surface area contributed by atoms with Gasteiger partial charge in [-0.1, -0.05) is 17.8 Å². The zero-order valence-corrected chi connectivity index (χ0v) is 19.3. The molecule has 1 aromatic rings. The monoisotopic (exact) mass is 465 g/mol. The van der Waals surface area contributed by atoms with Gasteiger partial charge in [0, 0.05) is 29.6 Å². The molecule has 0 aliphatic carbocycles. The number of nitrogens with one attached hydrogen (secondary N) is 1. The van der Waals surface area contributed by atoms with Crippen molar-refractivity contribution in [3.05, 3.63) is 29.3 Å². The number of amides is 1. The number of hydrogen-bond acceptors (Lipinski definition) is 8.